The van der Waals surface area contributed by atoms with Crippen molar-refractivity contribution in [3.8, 4) is 5.75 Å². The second-order valence-corrected chi connectivity index (χ2v) is 7.18. The maximum atomic E-state index is 12.9. The second-order valence-electron chi connectivity index (χ2n) is 7.18. The van der Waals surface area contributed by atoms with Gasteiger partial charge < -0.3 is 19.5 Å². The molecule has 1 aromatic carbocycles. The monoisotopic (exact) mass is 515 g/mol. The number of rotatable bonds is 7. The van der Waals surface area contributed by atoms with Gasteiger partial charge in [-0.25, -0.2) is 9.37 Å². The first-order valence-corrected chi connectivity index (χ1v) is 10.1. The summed E-state index contributed by atoms with van der Waals surface area (Å²) >= 11 is 0. The quantitative estimate of drug-likeness (QED) is 0.263. The summed E-state index contributed by atoms with van der Waals surface area (Å²) in [5, 5.41) is 3.42. The van der Waals surface area contributed by atoms with Gasteiger partial charge in [-0.05, 0) is 43.5 Å². The maximum Gasteiger partial charge on any atom is 0.193 e. The maximum absolute atomic E-state index is 12.9. The molecular weight excluding hydrogens is 484 g/mol. The first kappa shape index (κ1) is 23.4. The van der Waals surface area contributed by atoms with Gasteiger partial charge in [0.25, 0.3) is 0 Å². The lowest BCUT2D eigenvalue weighted by Gasteiger charge is -2.39. The van der Waals surface area contributed by atoms with E-state index in [0.29, 0.717) is 30.9 Å². The van der Waals surface area contributed by atoms with Crippen LogP contribution in [0.1, 0.15) is 32.7 Å². The number of nitrogens with one attached hydrogen (secondary N) is 1. The van der Waals surface area contributed by atoms with Crippen LogP contribution in [-0.4, -0.2) is 53.2 Å². The van der Waals surface area contributed by atoms with Gasteiger partial charge in [0.05, 0.1) is 19.0 Å². The SMILES string of the molecule is CCNC(=NCCCOc1ccc(F)cc1)N1CCC(C)C(n2ccnc2)C1.I. The fourth-order valence-corrected chi connectivity index (χ4v) is 3.49. The fraction of sp³-hybridized carbons (Fsp3) is 0.524. The molecule has 1 saturated heterocycles. The Balaban J connectivity index is 0.00000300. The molecule has 160 valence electrons. The van der Waals surface area contributed by atoms with Crippen LogP contribution in [0.3, 0.4) is 0 Å². The number of likely N-dealkylation sites (tertiary alicyclic amines) is 1. The van der Waals surface area contributed by atoms with Crippen LogP contribution in [0.25, 0.3) is 0 Å². The zero-order chi connectivity index (χ0) is 19.8. The first-order chi connectivity index (χ1) is 13.7. The summed E-state index contributed by atoms with van der Waals surface area (Å²) in [4.78, 5) is 11.3. The standard InChI is InChI=1S/C21H30FN5O.HI/c1-3-24-21(25-10-4-14-28-19-7-5-18(22)6-8-19)26-12-9-17(2)20(15-26)27-13-11-23-16-27;/h5-8,11,13,16-17,20H,3-4,9-10,12,14-15H2,1-2H3,(H,24,25);1H. The molecule has 1 aliphatic heterocycles. The predicted octanol–water partition coefficient (Wildman–Crippen LogP) is 3.96. The molecule has 6 nitrogen and oxygen atoms in total. The number of piperidine rings is 1. The van der Waals surface area contributed by atoms with Crippen LogP contribution in [0, 0.1) is 11.7 Å². The number of aromatic nitrogens is 2. The van der Waals surface area contributed by atoms with E-state index in [4.69, 9.17) is 9.73 Å². The van der Waals surface area contributed by atoms with Crippen molar-refractivity contribution in [2.75, 3.05) is 32.8 Å². The highest BCUT2D eigenvalue weighted by Crippen LogP contribution is 2.27. The average Bonchev–Trinajstić information content (AvgIpc) is 3.23. The van der Waals surface area contributed by atoms with Crippen LogP contribution >= 0.6 is 24.0 Å². The normalized spacial score (nSPS) is 19.6. The van der Waals surface area contributed by atoms with Gasteiger partial charge in [-0.2, -0.15) is 0 Å². The topological polar surface area (TPSA) is 54.7 Å². The van der Waals surface area contributed by atoms with Crippen LogP contribution in [0.4, 0.5) is 4.39 Å². The van der Waals surface area contributed by atoms with Gasteiger partial charge in [-0.15, -0.1) is 24.0 Å². The van der Waals surface area contributed by atoms with Crippen LogP contribution in [0.5, 0.6) is 5.75 Å². The molecule has 29 heavy (non-hydrogen) atoms. The Labute approximate surface area is 189 Å². The number of halogens is 2. The highest BCUT2D eigenvalue weighted by atomic mass is 127. The van der Waals surface area contributed by atoms with Gasteiger partial charge in [0.15, 0.2) is 5.96 Å². The number of nitrogens with zero attached hydrogens (tertiary/aromatic N) is 4. The van der Waals surface area contributed by atoms with Crippen LogP contribution in [0.2, 0.25) is 0 Å². The van der Waals surface area contributed by atoms with Crippen molar-refractivity contribution in [3.05, 3.63) is 48.8 Å². The van der Waals surface area contributed by atoms with Crippen molar-refractivity contribution < 1.29 is 9.13 Å². The summed E-state index contributed by atoms with van der Waals surface area (Å²) in [6.45, 7) is 8.41. The Kier molecular flexibility index (Phi) is 9.69. The van der Waals surface area contributed by atoms with Crippen molar-refractivity contribution in [3.63, 3.8) is 0 Å². The molecule has 1 aromatic heterocycles. The summed E-state index contributed by atoms with van der Waals surface area (Å²) in [6, 6.07) is 6.51. The minimum atomic E-state index is -0.253. The lowest BCUT2D eigenvalue weighted by molar-refractivity contribution is 0.189. The summed E-state index contributed by atoms with van der Waals surface area (Å²) in [5.74, 6) is 2.00. The number of hydrogen-bond donors (Lipinski definition) is 1. The molecule has 2 heterocycles. The third-order valence-electron chi connectivity index (χ3n) is 5.11. The van der Waals surface area contributed by atoms with E-state index in [2.05, 4.69) is 33.6 Å². The summed E-state index contributed by atoms with van der Waals surface area (Å²) in [5.41, 5.74) is 0. The molecule has 0 amide bonds. The molecule has 0 spiro atoms. The van der Waals surface area contributed by atoms with Crippen molar-refractivity contribution in [1.29, 1.82) is 0 Å². The lowest BCUT2D eigenvalue weighted by Crippen LogP contribution is -2.49. The minimum absolute atomic E-state index is 0. The van der Waals surface area contributed by atoms with Crippen LogP contribution in [-0.2, 0) is 0 Å². The van der Waals surface area contributed by atoms with Crippen molar-refractivity contribution >= 4 is 29.9 Å². The lowest BCUT2D eigenvalue weighted by atomic mass is 9.93. The molecule has 1 aliphatic rings. The van der Waals surface area contributed by atoms with Crippen LogP contribution < -0.4 is 10.1 Å². The van der Waals surface area contributed by atoms with E-state index >= 15 is 0 Å². The highest BCUT2D eigenvalue weighted by Gasteiger charge is 2.28. The molecule has 0 radical (unpaired) electrons. The Hall–Kier alpha value is -1.84. The van der Waals surface area contributed by atoms with Crippen LogP contribution in [0.15, 0.2) is 48.0 Å². The number of benzene rings is 1. The van der Waals surface area contributed by atoms with Gasteiger partial charge in [-0.3, -0.25) is 4.99 Å². The van der Waals surface area contributed by atoms with E-state index in [-0.39, 0.29) is 29.8 Å². The van der Waals surface area contributed by atoms with Gasteiger partial charge >= 0.3 is 0 Å². The Morgan fingerprint density at radius 1 is 1.34 bits per heavy atom. The molecule has 0 bridgehead atoms. The highest BCUT2D eigenvalue weighted by molar-refractivity contribution is 14.0. The fourth-order valence-electron chi connectivity index (χ4n) is 3.49. The van der Waals surface area contributed by atoms with Gasteiger partial charge in [0.2, 0.25) is 0 Å². The van der Waals surface area contributed by atoms with Gasteiger partial charge in [0.1, 0.15) is 11.6 Å². The molecule has 1 fully saturated rings. The molecule has 0 saturated carbocycles. The van der Waals surface area contributed by atoms with E-state index in [1.165, 1.54) is 12.1 Å². The molecule has 2 unspecified atom stereocenters. The molecule has 2 aromatic rings. The summed E-state index contributed by atoms with van der Waals surface area (Å²) in [6.07, 6.45) is 7.72. The zero-order valence-electron chi connectivity index (χ0n) is 17.1. The van der Waals surface area contributed by atoms with E-state index < -0.39 is 0 Å². The Morgan fingerprint density at radius 2 is 2.14 bits per heavy atom. The van der Waals surface area contributed by atoms with Gasteiger partial charge in [-0.1, -0.05) is 6.92 Å². The van der Waals surface area contributed by atoms with E-state index in [0.717, 1.165) is 38.4 Å². The molecule has 2 atom stereocenters. The molecular formula is C21H31FIN5O. The third-order valence-corrected chi connectivity index (χ3v) is 5.11. The van der Waals surface area contributed by atoms with Crippen molar-refractivity contribution in [1.82, 2.24) is 19.8 Å². The minimum Gasteiger partial charge on any atom is -0.494 e. The molecule has 0 aliphatic carbocycles. The molecule has 3 rings (SSSR count). The molecule has 8 heteroatoms. The zero-order valence-corrected chi connectivity index (χ0v) is 19.5. The first-order valence-electron chi connectivity index (χ1n) is 10.1. The number of guanidine groups is 1. The summed E-state index contributed by atoms with van der Waals surface area (Å²) in [7, 11) is 0. The third kappa shape index (κ3) is 6.87. The number of hydrogen-bond acceptors (Lipinski definition) is 3. The number of aliphatic imine (C=N–C) groups is 1. The van der Waals surface area contributed by atoms with Gasteiger partial charge in [0, 0.05) is 45.0 Å². The summed E-state index contributed by atoms with van der Waals surface area (Å²) < 4.78 is 20.8. The van der Waals surface area contributed by atoms with Crippen molar-refractivity contribution in [2.45, 2.75) is 32.7 Å². The van der Waals surface area contributed by atoms with Crippen molar-refractivity contribution in [2.24, 2.45) is 10.9 Å². The number of imidazole rings is 1. The van der Waals surface area contributed by atoms with E-state index in [1.54, 1.807) is 12.1 Å². The predicted molar refractivity (Wildman–Crippen MR) is 125 cm³/mol. The molecule has 1 N–H and O–H groups in total. The van der Waals surface area contributed by atoms with E-state index in [9.17, 15) is 4.39 Å². The largest absolute Gasteiger partial charge is 0.494 e. The smallest absolute Gasteiger partial charge is 0.193 e. The van der Waals surface area contributed by atoms with E-state index in [1.807, 2.05) is 18.7 Å². The Bertz CT molecular complexity index is 738. The average molecular weight is 515 g/mol. The number of ether oxygens (including phenoxy) is 1. The second kappa shape index (κ2) is 12.0. The Morgan fingerprint density at radius 3 is 2.83 bits per heavy atom.